The van der Waals surface area contributed by atoms with Crippen LogP contribution in [0.3, 0.4) is 0 Å². The molecule has 0 bridgehead atoms. The van der Waals surface area contributed by atoms with Crippen LogP contribution in [-0.4, -0.2) is 11.9 Å². The number of amides is 1. The van der Waals surface area contributed by atoms with E-state index in [1.54, 1.807) is 6.07 Å². The number of carbonyl (C=O) groups excluding carboxylic acids is 1. The summed E-state index contributed by atoms with van der Waals surface area (Å²) in [5.41, 5.74) is 0.757. The van der Waals surface area contributed by atoms with E-state index in [4.69, 9.17) is 9.15 Å². The van der Waals surface area contributed by atoms with Gasteiger partial charge in [0.15, 0.2) is 5.76 Å². The fourth-order valence-corrected chi connectivity index (χ4v) is 2.39. The lowest BCUT2D eigenvalue weighted by atomic mass is 10.1. The molecule has 0 fully saturated rings. The molecule has 124 valence electrons. The standard InChI is InChI=1S/C19H25NO3/c1-3-4-6-9-15(2)20-19(21)18-16(12-13-22-18)14-23-17-10-7-5-8-11-17/h5,7-8,10-13,15H,3-4,6,9,14H2,1-2H3,(H,20,21). The van der Waals surface area contributed by atoms with Crippen molar-refractivity contribution in [3.63, 3.8) is 0 Å². The van der Waals surface area contributed by atoms with E-state index < -0.39 is 0 Å². The topological polar surface area (TPSA) is 51.5 Å². The first kappa shape index (κ1) is 17.1. The molecule has 2 rings (SSSR count). The molecule has 1 aromatic carbocycles. The minimum absolute atomic E-state index is 0.141. The zero-order chi connectivity index (χ0) is 16.5. The van der Waals surface area contributed by atoms with Crippen LogP contribution in [0, 0.1) is 0 Å². The number of ether oxygens (including phenoxy) is 1. The van der Waals surface area contributed by atoms with Gasteiger partial charge in [0.25, 0.3) is 5.91 Å². The Balaban J connectivity index is 1.88. The zero-order valence-electron chi connectivity index (χ0n) is 13.9. The summed E-state index contributed by atoms with van der Waals surface area (Å²) >= 11 is 0. The maximum atomic E-state index is 12.3. The second-order valence-electron chi connectivity index (χ2n) is 5.75. The van der Waals surface area contributed by atoms with Crippen LogP contribution in [0.1, 0.15) is 55.6 Å². The Labute approximate surface area is 137 Å². The molecular weight excluding hydrogens is 290 g/mol. The van der Waals surface area contributed by atoms with Crippen LogP contribution in [0.15, 0.2) is 47.1 Å². The third-order valence-corrected chi connectivity index (χ3v) is 3.71. The van der Waals surface area contributed by atoms with E-state index in [0.29, 0.717) is 12.4 Å². The summed E-state index contributed by atoms with van der Waals surface area (Å²) in [6.45, 7) is 4.51. The summed E-state index contributed by atoms with van der Waals surface area (Å²) in [7, 11) is 0. The van der Waals surface area contributed by atoms with Gasteiger partial charge in [-0.15, -0.1) is 0 Å². The molecule has 4 heteroatoms. The molecule has 4 nitrogen and oxygen atoms in total. The average Bonchev–Trinajstić information content (AvgIpc) is 3.03. The van der Waals surface area contributed by atoms with Gasteiger partial charge in [-0.3, -0.25) is 4.79 Å². The molecule has 1 N–H and O–H groups in total. The number of carbonyl (C=O) groups is 1. The Hall–Kier alpha value is -2.23. The molecule has 0 radical (unpaired) electrons. The zero-order valence-corrected chi connectivity index (χ0v) is 13.9. The molecule has 1 unspecified atom stereocenters. The molecule has 0 aliphatic heterocycles. The fourth-order valence-electron chi connectivity index (χ4n) is 2.39. The maximum absolute atomic E-state index is 12.3. The molecule has 23 heavy (non-hydrogen) atoms. The van der Waals surface area contributed by atoms with Gasteiger partial charge < -0.3 is 14.5 Å². The van der Waals surface area contributed by atoms with E-state index in [9.17, 15) is 4.79 Å². The van der Waals surface area contributed by atoms with E-state index in [-0.39, 0.29) is 11.9 Å². The quantitative estimate of drug-likeness (QED) is 0.690. The van der Waals surface area contributed by atoms with Crippen molar-refractivity contribution in [2.45, 2.75) is 52.2 Å². The van der Waals surface area contributed by atoms with Gasteiger partial charge in [0.2, 0.25) is 0 Å². The monoisotopic (exact) mass is 315 g/mol. The van der Waals surface area contributed by atoms with Gasteiger partial charge in [-0.1, -0.05) is 44.4 Å². The van der Waals surface area contributed by atoms with Crippen LogP contribution in [0.4, 0.5) is 0 Å². The van der Waals surface area contributed by atoms with E-state index in [1.165, 1.54) is 19.1 Å². The molecule has 1 atom stereocenters. The molecule has 0 spiro atoms. The number of hydrogen-bond donors (Lipinski definition) is 1. The third kappa shape index (κ3) is 5.47. The lowest BCUT2D eigenvalue weighted by Gasteiger charge is -2.13. The molecule has 0 saturated carbocycles. The van der Waals surface area contributed by atoms with Crippen molar-refractivity contribution >= 4 is 5.91 Å². The highest BCUT2D eigenvalue weighted by atomic mass is 16.5. The van der Waals surface area contributed by atoms with Crippen molar-refractivity contribution in [2.75, 3.05) is 0 Å². The summed E-state index contributed by atoms with van der Waals surface area (Å²) in [4.78, 5) is 12.3. The highest BCUT2D eigenvalue weighted by Crippen LogP contribution is 2.16. The Morgan fingerprint density at radius 1 is 1.22 bits per heavy atom. The molecule has 0 aliphatic carbocycles. The summed E-state index contributed by atoms with van der Waals surface area (Å²) in [6.07, 6.45) is 6.01. The Kier molecular flexibility index (Phi) is 6.73. The number of nitrogens with one attached hydrogen (secondary N) is 1. The van der Waals surface area contributed by atoms with Crippen molar-refractivity contribution in [3.05, 3.63) is 54.0 Å². The van der Waals surface area contributed by atoms with Crippen molar-refractivity contribution in [1.29, 1.82) is 0 Å². The third-order valence-electron chi connectivity index (χ3n) is 3.71. The molecular formula is C19H25NO3. The maximum Gasteiger partial charge on any atom is 0.287 e. The SMILES string of the molecule is CCCCCC(C)NC(=O)c1occc1COc1ccccc1. The van der Waals surface area contributed by atoms with Gasteiger partial charge in [0.1, 0.15) is 12.4 Å². The number of para-hydroxylation sites is 1. The number of furan rings is 1. The summed E-state index contributed by atoms with van der Waals surface area (Å²) < 4.78 is 11.0. The van der Waals surface area contributed by atoms with Crippen LogP contribution in [-0.2, 0) is 6.61 Å². The molecule has 1 aromatic heterocycles. The second kappa shape index (κ2) is 9.03. The highest BCUT2D eigenvalue weighted by Gasteiger charge is 2.17. The van der Waals surface area contributed by atoms with Crippen molar-refractivity contribution < 1.29 is 13.9 Å². The minimum Gasteiger partial charge on any atom is -0.489 e. The number of hydrogen-bond acceptors (Lipinski definition) is 3. The van der Waals surface area contributed by atoms with E-state index >= 15 is 0 Å². The molecule has 0 aliphatic rings. The number of rotatable bonds is 9. The molecule has 1 heterocycles. The molecule has 1 amide bonds. The first-order valence-corrected chi connectivity index (χ1v) is 8.25. The Morgan fingerprint density at radius 2 is 2.00 bits per heavy atom. The van der Waals surface area contributed by atoms with Gasteiger partial charge in [-0.2, -0.15) is 0 Å². The lowest BCUT2D eigenvalue weighted by Crippen LogP contribution is -2.32. The smallest absolute Gasteiger partial charge is 0.287 e. The van der Waals surface area contributed by atoms with Crippen LogP contribution in [0.5, 0.6) is 5.75 Å². The predicted molar refractivity (Wildman–Crippen MR) is 90.6 cm³/mol. The average molecular weight is 315 g/mol. The van der Waals surface area contributed by atoms with Crippen molar-refractivity contribution in [1.82, 2.24) is 5.32 Å². The van der Waals surface area contributed by atoms with Crippen molar-refractivity contribution in [2.24, 2.45) is 0 Å². The lowest BCUT2D eigenvalue weighted by molar-refractivity contribution is 0.0906. The number of unbranched alkanes of at least 4 members (excludes halogenated alkanes) is 2. The van der Waals surface area contributed by atoms with E-state index in [1.807, 2.05) is 37.3 Å². The largest absolute Gasteiger partial charge is 0.489 e. The number of benzene rings is 1. The van der Waals surface area contributed by atoms with Crippen LogP contribution >= 0.6 is 0 Å². The Morgan fingerprint density at radius 3 is 2.74 bits per heavy atom. The summed E-state index contributed by atoms with van der Waals surface area (Å²) in [6, 6.07) is 11.4. The van der Waals surface area contributed by atoms with Crippen molar-refractivity contribution in [3.8, 4) is 5.75 Å². The van der Waals surface area contributed by atoms with Crippen LogP contribution < -0.4 is 10.1 Å². The first-order valence-electron chi connectivity index (χ1n) is 8.25. The first-order chi connectivity index (χ1) is 11.2. The second-order valence-corrected chi connectivity index (χ2v) is 5.75. The van der Waals surface area contributed by atoms with Crippen LogP contribution in [0.2, 0.25) is 0 Å². The molecule has 2 aromatic rings. The molecule has 0 saturated heterocycles. The van der Waals surface area contributed by atoms with Gasteiger partial charge in [0.05, 0.1) is 6.26 Å². The minimum atomic E-state index is -0.175. The van der Waals surface area contributed by atoms with Gasteiger partial charge >= 0.3 is 0 Å². The van der Waals surface area contributed by atoms with E-state index in [2.05, 4.69) is 12.2 Å². The van der Waals surface area contributed by atoms with Gasteiger partial charge in [-0.05, 0) is 31.5 Å². The van der Waals surface area contributed by atoms with Crippen LogP contribution in [0.25, 0.3) is 0 Å². The van der Waals surface area contributed by atoms with E-state index in [0.717, 1.165) is 24.2 Å². The van der Waals surface area contributed by atoms with Gasteiger partial charge in [-0.25, -0.2) is 0 Å². The highest BCUT2D eigenvalue weighted by molar-refractivity contribution is 5.93. The fraction of sp³-hybridized carbons (Fsp3) is 0.421. The predicted octanol–water partition coefficient (Wildman–Crippen LogP) is 4.56. The Bertz CT molecular complexity index is 592. The summed E-state index contributed by atoms with van der Waals surface area (Å²) in [5.74, 6) is 0.932. The normalized spacial score (nSPS) is 11.9. The van der Waals surface area contributed by atoms with Gasteiger partial charge in [0, 0.05) is 11.6 Å². The summed E-state index contributed by atoms with van der Waals surface area (Å²) in [5, 5.41) is 2.99.